The van der Waals surface area contributed by atoms with Crippen LogP contribution in [-0.2, 0) is 11.3 Å². The van der Waals surface area contributed by atoms with E-state index in [0.717, 1.165) is 22.2 Å². The van der Waals surface area contributed by atoms with Crippen molar-refractivity contribution in [3.63, 3.8) is 0 Å². The summed E-state index contributed by atoms with van der Waals surface area (Å²) in [5.41, 5.74) is 0.755. The van der Waals surface area contributed by atoms with E-state index in [1.54, 1.807) is 6.07 Å². The molecule has 25 heavy (non-hydrogen) atoms. The van der Waals surface area contributed by atoms with Crippen LogP contribution in [-0.4, -0.2) is 26.1 Å². The molecule has 0 fully saturated rings. The smallest absolute Gasteiger partial charge is 0.248 e. The number of nitrogens with one attached hydrogen (secondary N) is 1. The zero-order valence-corrected chi connectivity index (χ0v) is 13.5. The first-order valence-corrected chi connectivity index (χ1v) is 7.81. The maximum atomic E-state index is 12.3. The van der Waals surface area contributed by atoms with Crippen LogP contribution in [0, 0.1) is 6.92 Å². The van der Waals surface area contributed by atoms with Crippen molar-refractivity contribution in [2.24, 2.45) is 0 Å². The summed E-state index contributed by atoms with van der Waals surface area (Å²) in [5, 5.41) is 16.9. The zero-order chi connectivity index (χ0) is 17.2. The number of aryl methyl sites for hydroxylation is 1. The molecule has 0 bridgehead atoms. The molecule has 1 amide bonds. The number of hydrogen-bond donors (Lipinski definition) is 1. The van der Waals surface area contributed by atoms with Gasteiger partial charge in [0.2, 0.25) is 11.7 Å². The Balaban J connectivity index is 1.50. The third kappa shape index (κ3) is 3.12. The Hall–Kier alpha value is -3.48. The zero-order valence-electron chi connectivity index (χ0n) is 13.5. The summed E-state index contributed by atoms with van der Waals surface area (Å²) in [7, 11) is 0. The Morgan fingerprint density at radius 2 is 1.96 bits per heavy atom. The molecule has 0 aliphatic carbocycles. The fourth-order valence-corrected chi connectivity index (χ4v) is 2.62. The molecule has 1 N–H and O–H groups in total. The van der Waals surface area contributed by atoms with E-state index in [4.69, 9.17) is 4.42 Å². The molecule has 0 aliphatic heterocycles. The van der Waals surface area contributed by atoms with Gasteiger partial charge in [0, 0.05) is 11.1 Å². The second-order valence-electron chi connectivity index (χ2n) is 5.63. The Bertz CT molecular complexity index is 1050. The molecule has 2 aromatic heterocycles. The number of carbonyl (C=O) groups is 1. The fourth-order valence-electron chi connectivity index (χ4n) is 2.62. The van der Waals surface area contributed by atoms with Crippen molar-refractivity contribution < 1.29 is 9.21 Å². The third-order valence-corrected chi connectivity index (χ3v) is 3.76. The molecule has 0 saturated heterocycles. The van der Waals surface area contributed by atoms with Gasteiger partial charge in [0.15, 0.2) is 5.76 Å². The van der Waals surface area contributed by atoms with Crippen LogP contribution in [0.4, 0.5) is 5.69 Å². The number of rotatable bonds is 4. The predicted molar refractivity (Wildman–Crippen MR) is 92.8 cm³/mol. The van der Waals surface area contributed by atoms with E-state index in [1.165, 1.54) is 4.80 Å². The summed E-state index contributed by atoms with van der Waals surface area (Å²) >= 11 is 0. The summed E-state index contributed by atoms with van der Waals surface area (Å²) in [6.45, 7) is 1.81. The summed E-state index contributed by atoms with van der Waals surface area (Å²) in [4.78, 5) is 13.6. The molecule has 0 unspecified atom stereocenters. The van der Waals surface area contributed by atoms with Crippen molar-refractivity contribution in [1.82, 2.24) is 20.2 Å². The second-order valence-corrected chi connectivity index (χ2v) is 5.63. The van der Waals surface area contributed by atoms with Gasteiger partial charge >= 0.3 is 0 Å². The maximum Gasteiger partial charge on any atom is 0.248 e. The van der Waals surface area contributed by atoms with Gasteiger partial charge in [0.1, 0.15) is 12.3 Å². The largest absolute Gasteiger partial charge is 0.458 e. The number of fused-ring (bicyclic) bond motifs is 1. The van der Waals surface area contributed by atoms with Crippen LogP contribution >= 0.6 is 0 Å². The highest BCUT2D eigenvalue weighted by atomic mass is 16.3. The molecule has 2 heterocycles. The fraction of sp³-hybridized carbons (Fsp3) is 0.111. The highest BCUT2D eigenvalue weighted by molar-refractivity contribution is 6.01. The van der Waals surface area contributed by atoms with Gasteiger partial charge in [0.05, 0.1) is 0 Å². The standard InChI is InChI=1S/C18H15N5O2/c1-12-9-10-16(25-12)18-20-22-23(21-18)11-17(24)19-15-8-4-6-13-5-2-3-7-14(13)15/h2-10H,11H2,1H3,(H,19,24). The van der Waals surface area contributed by atoms with Gasteiger partial charge in [-0.1, -0.05) is 36.4 Å². The summed E-state index contributed by atoms with van der Waals surface area (Å²) in [5.74, 6) is 1.42. The first-order chi connectivity index (χ1) is 12.2. The van der Waals surface area contributed by atoms with Gasteiger partial charge < -0.3 is 9.73 Å². The molecule has 4 aromatic rings. The molecular weight excluding hydrogens is 318 g/mol. The van der Waals surface area contributed by atoms with Crippen molar-refractivity contribution in [2.45, 2.75) is 13.5 Å². The van der Waals surface area contributed by atoms with Crippen LogP contribution in [0.1, 0.15) is 5.76 Å². The van der Waals surface area contributed by atoms with E-state index in [0.29, 0.717) is 11.6 Å². The number of anilines is 1. The van der Waals surface area contributed by atoms with E-state index < -0.39 is 0 Å². The van der Waals surface area contributed by atoms with Gasteiger partial charge in [-0.05, 0) is 35.7 Å². The Morgan fingerprint density at radius 1 is 1.12 bits per heavy atom. The number of furan rings is 1. The first-order valence-electron chi connectivity index (χ1n) is 7.81. The molecule has 7 nitrogen and oxygen atoms in total. The number of carbonyl (C=O) groups excluding carboxylic acids is 1. The van der Waals surface area contributed by atoms with E-state index in [2.05, 4.69) is 20.7 Å². The van der Waals surface area contributed by atoms with Gasteiger partial charge in [0.25, 0.3) is 0 Å². The van der Waals surface area contributed by atoms with Crippen LogP contribution in [0.15, 0.2) is 59.0 Å². The minimum atomic E-state index is -0.226. The Kier molecular flexibility index (Phi) is 3.74. The van der Waals surface area contributed by atoms with Crippen LogP contribution in [0.2, 0.25) is 0 Å². The molecule has 0 radical (unpaired) electrons. The molecule has 0 spiro atoms. The predicted octanol–water partition coefficient (Wildman–Crippen LogP) is 3.03. The SMILES string of the molecule is Cc1ccc(-c2nnn(CC(=O)Nc3cccc4ccccc34)n2)o1. The molecule has 0 saturated carbocycles. The molecule has 0 atom stereocenters. The van der Waals surface area contributed by atoms with Crippen molar-refractivity contribution in [3.8, 4) is 11.6 Å². The number of nitrogens with zero attached hydrogens (tertiary/aromatic N) is 4. The minimum Gasteiger partial charge on any atom is -0.458 e. The van der Waals surface area contributed by atoms with Gasteiger partial charge in [-0.3, -0.25) is 4.79 Å². The van der Waals surface area contributed by atoms with E-state index >= 15 is 0 Å². The average molecular weight is 333 g/mol. The Morgan fingerprint density at radius 3 is 2.80 bits per heavy atom. The lowest BCUT2D eigenvalue weighted by Gasteiger charge is -2.08. The maximum absolute atomic E-state index is 12.3. The number of aromatic nitrogens is 4. The average Bonchev–Trinajstić information content (AvgIpc) is 3.24. The molecular formula is C18H15N5O2. The molecule has 7 heteroatoms. The molecule has 2 aromatic carbocycles. The van der Waals surface area contributed by atoms with Crippen LogP contribution in [0.5, 0.6) is 0 Å². The normalized spacial score (nSPS) is 10.9. The number of benzene rings is 2. The van der Waals surface area contributed by atoms with Crippen molar-refractivity contribution >= 4 is 22.4 Å². The number of hydrogen-bond acceptors (Lipinski definition) is 5. The molecule has 124 valence electrons. The van der Waals surface area contributed by atoms with Crippen LogP contribution in [0.3, 0.4) is 0 Å². The topological polar surface area (TPSA) is 85.8 Å². The van der Waals surface area contributed by atoms with E-state index in [1.807, 2.05) is 55.5 Å². The second kappa shape index (κ2) is 6.20. The quantitative estimate of drug-likeness (QED) is 0.620. The van der Waals surface area contributed by atoms with E-state index in [-0.39, 0.29) is 12.5 Å². The van der Waals surface area contributed by atoms with Crippen molar-refractivity contribution in [2.75, 3.05) is 5.32 Å². The summed E-state index contributed by atoms with van der Waals surface area (Å²) in [6.07, 6.45) is 0. The van der Waals surface area contributed by atoms with E-state index in [9.17, 15) is 4.79 Å². The van der Waals surface area contributed by atoms with Gasteiger partial charge in [-0.15, -0.1) is 10.2 Å². The lowest BCUT2D eigenvalue weighted by Crippen LogP contribution is -2.20. The van der Waals surface area contributed by atoms with Crippen molar-refractivity contribution in [1.29, 1.82) is 0 Å². The molecule has 4 rings (SSSR count). The summed E-state index contributed by atoms with van der Waals surface area (Å²) in [6, 6.07) is 17.2. The first kappa shape index (κ1) is 15.1. The van der Waals surface area contributed by atoms with Crippen molar-refractivity contribution in [3.05, 3.63) is 60.4 Å². The number of tetrazole rings is 1. The lowest BCUT2D eigenvalue weighted by atomic mass is 10.1. The summed E-state index contributed by atoms with van der Waals surface area (Å²) < 4.78 is 5.45. The lowest BCUT2D eigenvalue weighted by molar-refractivity contribution is -0.117. The Labute approximate surface area is 143 Å². The van der Waals surface area contributed by atoms with Crippen LogP contribution in [0.25, 0.3) is 22.4 Å². The highest BCUT2D eigenvalue weighted by Crippen LogP contribution is 2.23. The molecule has 0 aliphatic rings. The third-order valence-electron chi connectivity index (χ3n) is 3.76. The minimum absolute atomic E-state index is 0.0318. The van der Waals surface area contributed by atoms with Gasteiger partial charge in [-0.25, -0.2) is 0 Å². The van der Waals surface area contributed by atoms with Crippen LogP contribution < -0.4 is 5.32 Å². The number of amides is 1. The monoisotopic (exact) mass is 333 g/mol. The van der Waals surface area contributed by atoms with Gasteiger partial charge in [-0.2, -0.15) is 4.80 Å². The highest BCUT2D eigenvalue weighted by Gasteiger charge is 2.12.